The molecule has 0 aliphatic rings. The van der Waals surface area contributed by atoms with Crippen molar-refractivity contribution in [1.29, 1.82) is 0 Å². The standard InChI is InChI=1S/C14H16N6O/c1-9-8-16-20-12(15-2)7-11(18-13(9)20)17-10-5-4-6-19(3)14(10)21/h4-8,15H,1-3H3,(H,17,18). The van der Waals surface area contributed by atoms with E-state index in [4.69, 9.17) is 0 Å². The number of hydrogen-bond donors (Lipinski definition) is 2. The molecule has 3 rings (SSSR count). The molecular weight excluding hydrogens is 268 g/mol. The van der Waals surface area contributed by atoms with Gasteiger partial charge in [-0.1, -0.05) is 0 Å². The highest BCUT2D eigenvalue weighted by molar-refractivity contribution is 5.64. The lowest BCUT2D eigenvalue weighted by molar-refractivity contribution is 0.862. The van der Waals surface area contributed by atoms with Gasteiger partial charge in [-0.05, 0) is 19.1 Å². The van der Waals surface area contributed by atoms with Gasteiger partial charge in [0.05, 0.1) is 6.20 Å². The summed E-state index contributed by atoms with van der Waals surface area (Å²) >= 11 is 0. The molecule has 0 unspecified atom stereocenters. The van der Waals surface area contributed by atoms with Crippen molar-refractivity contribution >= 4 is 23.0 Å². The molecular formula is C14H16N6O. The van der Waals surface area contributed by atoms with E-state index in [9.17, 15) is 4.79 Å². The van der Waals surface area contributed by atoms with Gasteiger partial charge in [-0.2, -0.15) is 9.61 Å². The van der Waals surface area contributed by atoms with Crippen molar-refractivity contribution in [3.63, 3.8) is 0 Å². The van der Waals surface area contributed by atoms with Gasteiger partial charge in [0.1, 0.15) is 17.3 Å². The number of rotatable bonds is 3. The summed E-state index contributed by atoms with van der Waals surface area (Å²) in [5.74, 6) is 1.39. The van der Waals surface area contributed by atoms with Gasteiger partial charge in [0.25, 0.3) is 5.56 Å². The molecule has 0 bridgehead atoms. The van der Waals surface area contributed by atoms with Crippen LogP contribution in [0.15, 0.2) is 35.4 Å². The van der Waals surface area contributed by atoms with Crippen LogP contribution in [0.5, 0.6) is 0 Å². The van der Waals surface area contributed by atoms with E-state index in [-0.39, 0.29) is 5.56 Å². The normalized spacial score (nSPS) is 10.8. The van der Waals surface area contributed by atoms with Gasteiger partial charge >= 0.3 is 0 Å². The fourth-order valence-corrected chi connectivity index (χ4v) is 2.15. The van der Waals surface area contributed by atoms with Gasteiger partial charge in [-0.3, -0.25) is 4.79 Å². The van der Waals surface area contributed by atoms with E-state index >= 15 is 0 Å². The molecule has 0 saturated carbocycles. The number of aromatic nitrogens is 4. The molecule has 108 valence electrons. The second kappa shape index (κ2) is 4.93. The average molecular weight is 284 g/mol. The molecule has 0 aliphatic carbocycles. The average Bonchev–Trinajstić information content (AvgIpc) is 2.85. The second-order valence-corrected chi connectivity index (χ2v) is 4.80. The Labute approximate surface area is 121 Å². The zero-order valence-corrected chi connectivity index (χ0v) is 12.1. The molecule has 0 aliphatic heterocycles. The summed E-state index contributed by atoms with van der Waals surface area (Å²) in [6, 6.07) is 5.35. The van der Waals surface area contributed by atoms with Crippen molar-refractivity contribution in [2.45, 2.75) is 6.92 Å². The molecule has 0 fully saturated rings. The van der Waals surface area contributed by atoms with Gasteiger partial charge in [0, 0.05) is 31.9 Å². The molecule has 7 nitrogen and oxygen atoms in total. The van der Waals surface area contributed by atoms with Crippen molar-refractivity contribution in [3.8, 4) is 0 Å². The summed E-state index contributed by atoms with van der Waals surface area (Å²) in [7, 11) is 3.53. The SMILES string of the molecule is CNc1cc(Nc2cccn(C)c2=O)nc2c(C)cnn12. The van der Waals surface area contributed by atoms with E-state index < -0.39 is 0 Å². The Balaban J connectivity index is 2.10. The van der Waals surface area contributed by atoms with Crippen molar-refractivity contribution in [1.82, 2.24) is 19.2 Å². The van der Waals surface area contributed by atoms with Gasteiger partial charge in [-0.15, -0.1) is 0 Å². The molecule has 0 spiro atoms. The molecule has 3 aromatic rings. The minimum absolute atomic E-state index is 0.101. The maximum atomic E-state index is 12.0. The molecule has 0 radical (unpaired) electrons. The fourth-order valence-electron chi connectivity index (χ4n) is 2.15. The Morgan fingerprint density at radius 2 is 2.14 bits per heavy atom. The molecule has 7 heteroatoms. The molecule has 21 heavy (non-hydrogen) atoms. The number of hydrogen-bond acceptors (Lipinski definition) is 5. The van der Waals surface area contributed by atoms with E-state index in [0.29, 0.717) is 11.5 Å². The largest absolute Gasteiger partial charge is 0.373 e. The lowest BCUT2D eigenvalue weighted by atomic mass is 10.3. The van der Waals surface area contributed by atoms with Gasteiger partial charge in [-0.25, -0.2) is 4.98 Å². The Kier molecular flexibility index (Phi) is 3.09. The third-order valence-electron chi connectivity index (χ3n) is 3.29. The van der Waals surface area contributed by atoms with Crippen LogP contribution in [-0.4, -0.2) is 26.2 Å². The lowest BCUT2D eigenvalue weighted by Gasteiger charge is -2.10. The van der Waals surface area contributed by atoms with Crippen LogP contribution in [-0.2, 0) is 7.05 Å². The highest BCUT2D eigenvalue weighted by atomic mass is 16.1. The van der Waals surface area contributed by atoms with E-state index in [1.807, 2.05) is 26.1 Å². The minimum atomic E-state index is -0.101. The first kappa shape index (κ1) is 13.2. The number of aryl methyl sites for hydroxylation is 2. The summed E-state index contributed by atoms with van der Waals surface area (Å²) in [6.45, 7) is 1.94. The van der Waals surface area contributed by atoms with E-state index in [1.54, 1.807) is 30.0 Å². The molecule has 0 amide bonds. The first-order chi connectivity index (χ1) is 10.1. The zero-order chi connectivity index (χ0) is 15.0. The predicted molar refractivity (Wildman–Crippen MR) is 82.2 cm³/mol. The van der Waals surface area contributed by atoms with E-state index in [1.165, 1.54) is 4.57 Å². The predicted octanol–water partition coefficient (Wildman–Crippen LogP) is 1.52. The van der Waals surface area contributed by atoms with Crippen LogP contribution >= 0.6 is 0 Å². The Hall–Kier alpha value is -2.83. The third-order valence-corrected chi connectivity index (χ3v) is 3.29. The number of nitrogens with one attached hydrogen (secondary N) is 2. The zero-order valence-electron chi connectivity index (χ0n) is 12.1. The monoisotopic (exact) mass is 284 g/mol. The highest BCUT2D eigenvalue weighted by Gasteiger charge is 2.09. The van der Waals surface area contributed by atoms with Gasteiger partial charge in [0.15, 0.2) is 5.65 Å². The summed E-state index contributed by atoms with van der Waals surface area (Å²) in [5, 5.41) is 10.4. The van der Waals surface area contributed by atoms with Gasteiger partial charge < -0.3 is 15.2 Å². The summed E-state index contributed by atoms with van der Waals surface area (Å²) in [4.78, 5) is 16.6. The van der Waals surface area contributed by atoms with E-state index in [0.717, 1.165) is 17.0 Å². The first-order valence-corrected chi connectivity index (χ1v) is 6.56. The summed E-state index contributed by atoms with van der Waals surface area (Å²) in [6.07, 6.45) is 3.47. The molecule has 0 atom stereocenters. The topological polar surface area (TPSA) is 76.2 Å². The highest BCUT2D eigenvalue weighted by Crippen LogP contribution is 2.19. The smallest absolute Gasteiger partial charge is 0.274 e. The molecule has 3 aromatic heterocycles. The van der Waals surface area contributed by atoms with Crippen LogP contribution in [0.25, 0.3) is 5.65 Å². The van der Waals surface area contributed by atoms with Crippen LogP contribution in [0, 0.1) is 6.92 Å². The van der Waals surface area contributed by atoms with Crippen LogP contribution in [0.2, 0.25) is 0 Å². The van der Waals surface area contributed by atoms with Crippen LogP contribution in [0.4, 0.5) is 17.3 Å². The number of nitrogens with zero attached hydrogens (tertiary/aromatic N) is 4. The minimum Gasteiger partial charge on any atom is -0.373 e. The Morgan fingerprint density at radius 1 is 1.33 bits per heavy atom. The second-order valence-electron chi connectivity index (χ2n) is 4.80. The molecule has 2 N–H and O–H groups in total. The molecule has 0 aromatic carbocycles. The third kappa shape index (κ3) is 2.22. The van der Waals surface area contributed by atoms with Crippen molar-refractivity contribution in [3.05, 3.63) is 46.5 Å². The quantitative estimate of drug-likeness (QED) is 0.762. The maximum absolute atomic E-state index is 12.0. The Morgan fingerprint density at radius 3 is 2.90 bits per heavy atom. The van der Waals surface area contributed by atoms with Crippen molar-refractivity contribution < 1.29 is 0 Å². The molecule has 0 saturated heterocycles. The lowest BCUT2D eigenvalue weighted by Crippen LogP contribution is -2.19. The Bertz CT molecular complexity index is 864. The van der Waals surface area contributed by atoms with Crippen LogP contribution in [0.1, 0.15) is 5.56 Å². The number of anilines is 3. The summed E-state index contributed by atoms with van der Waals surface area (Å²) in [5.41, 5.74) is 2.10. The van der Waals surface area contributed by atoms with Gasteiger partial charge in [0.2, 0.25) is 0 Å². The fraction of sp³-hybridized carbons (Fsp3) is 0.214. The maximum Gasteiger partial charge on any atom is 0.274 e. The van der Waals surface area contributed by atoms with E-state index in [2.05, 4.69) is 20.7 Å². The number of fused-ring (bicyclic) bond motifs is 1. The van der Waals surface area contributed by atoms with Crippen LogP contribution in [0.3, 0.4) is 0 Å². The first-order valence-electron chi connectivity index (χ1n) is 6.56. The van der Waals surface area contributed by atoms with Crippen LogP contribution < -0.4 is 16.2 Å². The van der Waals surface area contributed by atoms with Crippen molar-refractivity contribution in [2.24, 2.45) is 7.05 Å². The number of pyridine rings is 1. The van der Waals surface area contributed by atoms with Crippen molar-refractivity contribution in [2.75, 3.05) is 17.7 Å². The summed E-state index contributed by atoms with van der Waals surface area (Å²) < 4.78 is 3.24. The molecule has 3 heterocycles.